The molecule has 18 heavy (non-hydrogen) atoms. The summed E-state index contributed by atoms with van der Waals surface area (Å²) in [6.07, 6.45) is 2.68. The fourth-order valence-electron chi connectivity index (χ4n) is 2.95. The van der Waals surface area contributed by atoms with Crippen molar-refractivity contribution in [2.75, 3.05) is 19.6 Å². The zero-order chi connectivity index (χ0) is 13.0. The van der Waals surface area contributed by atoms with Gasteiger partial charge in [-0.1, -0.05) is 36.2 Å². The second-order valence-corrected chi connectivity index (χ2v) is 5.62. The third kappa shape index (κ3) is 3.82. The molecule has 2 heteroatoms. The van der Waals surface area contributed by atoms with Crippen LogP contribution in [0.4, 0.5) is 0 Å². The van der Waals surface area contributed by atoms with Crippen LogP contribution in [0.15, 0.2) is 18.2 Å². The van der Waals surface area contributed by atoms with E-state index in [4.69, 9.17) is 0 Å². The summed E-state index contributed by atoms with van der Waals surface area (Å²) in [6, 6.07) is 7.59. The summed E-state index contributed by atoms with van der Waals surface area (Å²) in [4.78, 5) is 2.55. The van der Waals surface area contributed by atoms with Gasteiger partial charge in [0.2, 0.25) is 0 Å². The van der Waals surface area contributed by atoms with Crippen LogP contribution in [0.5, 0.6) is 0 Å². The molecule has 2 rings (SSSR count). The molecule has 1 aromatic carbocycles. The van der Waals surface area contributed by atoms with E-state index in [0.29, 0.717) is 6.04 Å². The van der Waals surface area contributed by atoms with Gasteiger partial charge in [-0.3, -0.25) is 4.90 Å². The Labute approximate surface area is 111 Å². The third-order valence-electron chi connectivity index (χ3n) is 3.78. The van der Waals surface area contributed by atoms with Gasteiger partial charge in [-0.15, -0.1) is 0 Å². The first kappa shape index (κ1) is 13.6. The Hall–Kier alpha value is -0.860. The summed E-state index contributed by atoms with van der Waals surface area (Å²) in [6.45, 7) is 11.2. The minimum Gasteiger partial charge on any atom is -0.313 e. The summed E-state index contributed by atoms with van der Waals surface area (Å²) >= 11 is 0. The number of nitrogens with one attached hydrogen (secondary N) is 1. The largest absolute Gasteiger partial charge is 0.313 e. The second-order valence-electron chi connectivity index (χ2n) is 5.62. The third-order valence-corrected chi connectivity index (χ3v) is 3.78. The van der Waals surface area contributed by atoms with Gasteiger partial charge in [0.25, 0.3) is 0 Å². The molecule has 0 aliphatic carbocycles. The summed E-state index contributed by atoms with van der Waals surface area (Å²) in [7, 11) is 0. The van der Waals surface area contributed by atoms with E-state index >= 15 is 0 Å². The summed E-state index contributed by atoms with van der Waals surface area (Å²) in [5, 5.41) is 3.59. The summed E-state index contributed by atoms with van der Waals surface area (Å²) < 4.78 is 0. The lowest BCUT2D eigenvalue weighted by Gasteiger charge is -2.24. The number of rotatable bonds is 5. The van der Waals surface area contributed by atoms with Gasteiger partial charge in [-0.05, 0) is 45.3 Å². The molecule has 1 heterocycles. The van der Waals surface area contributed by atoms with Crippen molar-refractivity contribution in [3.63, 3.8) is 0 Å². The van der Waals surface area contributed by atoms with E-state index in [9.17, 15) is 0 Å². The van der Waals surface area contributed by atoms with Gasteiger partial charge in [-0.2, -0.15) is 0 Å². The highest BCUT2D eigenvalue weighted by molar-refractivity contribution is 5.28. The molecular formula is C16H26N2. The first-order valence-corrected chi connectivity index (χ1v) is 7.20. The lowest BCUT2D eigenvalue weighted by Crippen LogP contribution is -2.37. The quantitative estimate of drug-likeness (QED) is 0.859. The molecule has 1 saturated heterocycles. The molecule has 1 atom stereocenters. The molecule has 1 aromatic rings. The fourth-order valence-corrected chi connectivity index (χ4v) is 2.95. The normalized spacial score (nSPS) is 19.7. The number of benzene rings is 1. The molecule has 1 N–H and O–H groups in total. The SMILES string of the molecule is CCN(Cc1cc(C)cc(C)c1)CC1CCCN1. The molecule has 1 unspecified atom stereocenters. The highest BCUT2D eigenvalue weighted by Gasteiger charge is 2.17. The van der Waals surface area contributed by atoms with Crippen molar-refractivity contribution < 1.29 is 0 Å². The Kier molecular flexibility index (Phi) is 4.79. The van der Waals surface area contributed by atoms with Crippen LogP contribution >= 0.6 is 0 Å². The Morgan fingerprint density at radius 2 is 1.94 bits per heavy atom. The van der Waals surface area contributed by atoms with Crippen molar-refractivity contribution in [3.8, 4) is 0 Å². The molecule has 0 bridgehead atoms. The smallest absolute Gasteiger partial charge is 0.0234 e. The highest BCUT2D eigenvalue weighted by Crippen LogP contribution is 2.13. The molecule has 2 nitrogen and oxygen atoms in total. The number of nitrogens with zero attached hydrogens (tertiary/aromatic N) is 1. The van der Waals surface area contributed by atoms with Crippen molar-refractivity contribution >= 4 is 0 Å². The maximum atomic E-state index is 3.59. The van der Waals surface area contributed by atoms with Crippen LogP contribution < -0.4 is 5.32 Å². The van der Waals surface area contributed by atoms with E-state index in [-0.39, 0.29) is 0 Å². The minimum atomic E-state index is 0.704. The van der Waals surface area contributed by atoms with Crippen molar-refractivity contribution in [1.82, 2.24) is 10.2 Å². The van der Waals surface area contributed by atoms with E-state index in [1.54, 1.807) is 0 Å². The van der Waals surface area contributed by atoms with E-state index in [2.05, 4.69) is 49.2 Å². The van der Waals surface area contributed by atoms with Gasteiger partial charge in [0, 0.05) is 19.1 Å². The van der Waals surface area contributed by atoms with Crippen LogP contribution in [0.1, 0.15) is 36.5 Å². The van der Waals surface area contributed by atoms with Crippen molar-refractivity contribution in [2.45, 2.75) is 46.2 Å². The van der Waals surface area contributed by atoms with Crippen molar-refractivity contribution in [3.05, 3.63) is 34.9 Å². The molecule has 100 valence electrons. The molecule has 0 aromatic heterocycles. The zero-order valence-corrected chi connectivity index (χ0v) is 12.0. The molecule has 1 aliphatic rings. The first-order valence-electron chi connectivity index (χ1n) is 7.20. The molecule has 1 aliphatic heterocycles. The van der Waals surface area contributed by atoms with Crippen molar-refractivity contribution in [1.29, 1.82) is 0 Å². The number of hydrogen-bond donors (Lipinski definition) is 1. The summed E-state index contributed by atoms with van der Waals surface area (Å²) in [5.74, 6) is 0. The standard InChI is InChI=1S/C16H26N2/c1-4-18(12-16-6-5-7-17-16)11-15-9-13(2)8-14(3)10-15/h8-10,16-17H,4-7,11-12H2,1-3H3. The molecule has 1 fully saturated rings. The van der Waals surface area contributed by atoms with Crippen LogP contribution in [0.25, 0.3) is 0 Å². The van der Waals surface area contributed by atoms with Gasteiger partial charge in [0.05, 0.1) is 0 Å². The molecule has 0 amide bonds. The van der Waals surface area contributed by atoms with E-state index in [1.165, 1.54) is 42.6 Å². The van der Waals surface area contributed by atoms with Gasteiger partial charge in [0.15, 0.2) is 0 Å². The predicted octanol–water partition coefficient (Wildman–Crippen LogP) is 2.88. The first-order chi connectivity index (χ1) is 8.67. The fraction of sp³-hybridized carbons (Fsp3) is 0.625. The minimum absolute atomic E-state index is 0.704. The average Bonchev–Trinajstić information content (AvgIpc) is 2.79. The van der Waals surface area contributed by atoms with Crippen LogP contribution in [-0.4, -0.2) is 30.6 Å². The number of hydrogen-bond acceptors (Lipinski definition) is 2. The van der Waals surface area contributed by atoms with Crippen LogP contribution in [0.3, 0.4) is 0 Å². The average molecular weight is 246 g/mol. The Balaban J connectivity index is 1.95. The lowest BCUT2D eigenvalue weighted by atomic mass is 10.1. The van der Waals surface area contributed by atoms with Gasteiger partial charge < -0.3 is 5.32 Å². The van der Waals surface area contributed by atoms with Crippen LogP contribution in [0, 0.1) is 13.8 Å². The summed E-state index contributed by atoms with van der Waals surface area (Å²) in [5.41, 5.74) is 4.20. The lowest BCUT2D eigenvalue weighted by molar-refractivity contribution is 0.253. The zero-order valence-electron chi connectivity index (χ0n) is 12.0. The molecule has 0 radical (unpaired) electrons. The van der Waals surface area contributed by atoms with E-state index in [1.807, 2.05) is 0 Å². The maximum absolute atomic E-state index is 3.59. The molecular weight excluding hydrogens is 220 g/mol. The Morgan fingerprint density at radius 1 is 1.22 bits per heavy atom. The predicted molar refractivity (Wildman–Crippen MR) is 77.9 cm³/mol. The number of likely N-dealkylation sites (N-methyl/N-ethyl adjacent to an activating group) is 1. The maximum Gasteiger partial charge on any atom is 0.0234 e. The topological polar surface area (TPSA) is 15.3 Å². The van der Waals surface area contributed by atoms with Gasteiger partial charge in [0.1, 0.15) is 0 Å². The van der Waals surface area contributed by atoms with Gasteiger partial charge >= 0.3 is 0 Å². The van der Waals surface area contributed by atoms with Crippen LogP contribution in [0.2, 0.25) is 0 Å². The number of aryl methyl sites for hydroxylation is 2. The van der Waals surface area contributed by atoms with Crippen LogP contribution in [-0.2, 0) is 6.54 Å². The van der Waals surface area contributed by atoms with Crippen molar-refractivity contribution in [2.24, 2.45) is 0 Å². The Morgan fingerprint density at radius 3 is 2.50 bits per heavy atom. The van der Waals surface area contributed by atoms with E-state index < -0.39 is 0 Å². The highest BCUT2D eigenvalue weighted by atomic mass is 15.1. The van der Waals surface area contributed by atoms with E-state index in [0.717, 1.165) is 13.1 Å². The second kappa shape index (κ2) is 6.35. The molecule has 0 saturated carbocycles. The Bertz CT molecular complexity index is 360. The van der Waals surface area contributed by atoms with Gasteiger partial charge in [-0.25, -0.2) is 0 Å². The molecule has 0 spiro atoms. The monoisotopic (exact) mass is 246 g/mol.